The van der Waals surface area contributed by atoms with Gasteiger partial charge in [0, 0.05) is 29.9 Å². The molecule has 3 aromatic rings. The molecule has 0 N–H and O–H groups in total. The van der Waals surface area contributed by atoms with E-state index in [1.54, 1.807) is 24.3 Å². The Bertz CT molecular complexity index is 1050. The van der Waals surface area contributed by atoms with E-state index in [2.05, 4.69) is 4.90 Å². The number of hydrogen-bond acceptors (Lipinski definition) is 5. The van der Waals surface area contributed by atoms with Crippen LogP contribution in [0.15, 0.2) is 65.1 Å². The lowest BCUT2D eigenvalue weighted by molar-refractivity contribution is -0.384. The quantitative estimate of drug-likeness (QED) is 0.379. The monoisotopic (exact) mass is 360 g/mol. The summed E-state index contributed by atoms with van der Waals surface area (Å²) in [6.07, 6.45) is 2.67. The van der Waals surface area contributed by atoms with Crippen molar-refractivity contribution in [1.29, 1.82) is 0 Å². The largest absolute Gasteiger partial charge is 0.456 e. The van der Waals surface area contributed by atoms with Gasteiger partial charge in [0.2, 0.25) is 0 Å². The van der Waals surface area contributed by atoms with Gasteiger partial charge in [-0.25, -0.2) is 0 Å². The van der Waals surface area contributed by atoms with Gasteiger partial charge < -0.3 is 9.32 Å². The van der Waals surface area contributed by atoms with Crippen LogP contribution in [0.3, 0.4) is 0 Å². The predicted molar refractivity (Wildman–Crippen MR) is 103 cm³/mol. The van der Waals surface area contributed by atoms with Crippen molar-refractivity contribution in [2.45, 2.75) is 6.54 Å². The van der Waals surface area contributed by atoms with Gasteiger partial charge >= 0.3 is 0 Å². The van der Waals surface area contributed by atoms with Gasteiger partial charge in [-0.15, -0.1) is 0 Å². The molecule has 0 spiro atoms. The zero-order valence-corrected chi connectivity index (χ0v) is 14.4. The third-order valence-corrected chi connectivity index (χ3v) is 4.52. The highest BCUT2D eigenvalue weighted by Crippen LogP contribution is 2.37. The molecule has 4 rings (SSSR count). The van der Waals surface area contributed by atoms with Crippen LogP contribution in [0.1, 0.15) is 27.4 Å². The van der Waals surface area contributed by atoms with Crippen molar-refractivity contribution in [3.05, 3.63) is 93.4 Å². The van der Waals surface area contributed by atoms with Gasteiger partial charge in [-0.3, -0.25) is 14.9 Å². The summed E-state index contributed by atoms with van der Waals surface area (Å²) in [5, 5.41) is 11.0. The van der Waals surface area contributed by atoms with Crippen molar-refractivity contribution in [2.75, 3.05) is 11.4 Å². The smallest absolute Gasteiger partial charge is 0.270 e. The predicted octanol–water partition coefficient (Wildman–Crippen LogP) is 4.56. The first kappa shape index (κ1) is 16.8. The first-order valence-corrected chi connectivity index (χ1v) is 8.47. The highest BCUT2D eigenvalue weighted by atomic mass is 16.6. The number of benzene rings is 2. The Hall–Kier alpha value is -3.67. The van der Waals surface area contributed by atoms with Crippen LogP contribution in [0.4, 0.5) is 11.4 Å². The number of carbonyl (C=O) groups excluding carboxylic acids is 1. The summed E-state index contributed by atoms with van der Waals surface area (Å²) in [5.74, 6) is 1.02. The number of rotatable bonds is 5. The first-order chi connectivity index (χ1) is 13.1. The SMILES string of the molecule is O=Cc1ccc(CN2C/C(=C/c3cccc([N+](=O)[O-])c3)c3ccccc32)o1. The summed E-state index contributed by atoms with van der Waals surface area (Å²) >= 11 is 0. The second-order valence-corrected chi connectivity index (χ2v) is 6.32. The summed E-state index contributed by atoms with van der Waals surface area (Å²) < 4.78 is 5.50. The van der Waals surface area contributed by atoms with Crippen LogP contribution in [-0.4, -0.2) is 17.8 Å². The van der Waals surface area contributed by atoms with Crippen LogP contribution < -0.4 is 4.90 Å². The summed E-state index contributed by atoms with van der Waals surface area (Å²) in [6, 6.07) is 18.1. The maximum absolute atomic E-state index is 11.0. The topological polar surface area (TPSA) is 76.6 Å². The average molecular weight is 360 g/mol. The fourth-order valence-corrected chi connectivity index (χ4v) is 3.32. The van der Waals surface area contributed by atoms with E-state index in [0.29, 0.717) is 30.9 Å². The van der Waals surface area contributed by atoms with Crippen LogP contribution in [0.2, 0.25) is 0 Å². The van der Waals surface area contributed by atoms with Crippen LogP contribution in [0.5, 0.6) is 0 Å². The maximum Gasteiger partial charge on any atom is 0.270 e. The number of fused-ring (bicyclic) bond motifs is 1. The van der Waals surface area contributed by atoms with Crippen molar-refractivity contribution < 1.29 is 14.1 Å². The number of non-ortho nitro benzene ring substituents is 1. The van der Waals surface area contributed by atoms with E-state index < -0.39 is 4.92 Å². The molecular formula is C21H16N2O4. The molecule has 2 heterocycles. The molecule has 0 fully saturated rings. The average Bonchev–Trinajstić information content (AvgIpc) is 3.27. The van der Waals surface area contributed by atoms with Gasteiger partial charge in [0.05, 0.1) is 11.5 Å². The fourth-order valence-electron chi connectivity index (χ4n) is 3.32. The minimum atomic E-state index is -0.390. The van der Waals surface area contributed by atoms with Crippen LogP contribution in [-0.2, 0) is 6.54 Å². The Morgan fingerprint density at radius 1 is 1.11 bits per heavy atom. The number of hydrogen-bond donors (Lipinski definition) is 0. The van der Waals surface area contributed by atoms with Crippen LogP contribution in [0.25, 0.3) is 11.6 Å². The van der Waals surface area contributed by atoms with E-state index in [1.807, 2.05) is 36.4 Å². The lowest BCUT2D eigenvalue weighted by Gasteiger charge is -2.17. The third-order valence-electron chi connectivity index (χ3n) is 4.52. The summed E-state index contributed by atoms with van der Waals surface area (Å²) in [6.45, 7) is 1.19. The minimum absolute atomic E-state index is 0.0736. The Morgan fingerprint density at radius 3 is 2.74 bits per heavy atom. The molecule has 2 aromatic carbocycles. The maximum atomic E-state index is 11.0. The van der Waals surface area contributed by atoms with Gasteiger partial charge in [0.1, 0.15) is 5.76 Å². The number of nitrogens with zero attached hydrogens (tertiary/aromatic N) is 2. The Balaban J connectivity index is 1.66. The normalized spacial score (nSPS) is 14.4. The van der Waals surface area contributed by atoms with Gasteiger partial charge in [0.15, 0.2) is 12.0 Å². The minimum Gasteiger partial charge on any atom is -0.456 e. The number of nitro benzene ring substituents is 1. The summed E-state index contributed by atoms with van der Waals surface area (Å²) in [5.41, 5.74) is 4.10. The molecule has 0 amide bonds. The van der Waals surface area contributed by atoms with E-state index in [-0.39, 0.29) is 5.69 Å². The van der Waals surface area contributed by atoms with Crippen molar-refractivity contribution in [2.24, 2.45) is 0 Å². The second kappa shape index (κ2) is 6.92. The number of anilines is 1. The van der Waals surface area contributed by atoms with Gasteiger partial charge in [-0.2, -0.15) is 0 Å². The molecule has 0 aliphatic carbocycles. The third kappa shape index (κ3) is 3.37. The standard InChI is InChI=1S/C21H16N2O4/c24-14-19-9-8-18(27-19)13-22-12-16(20-6-1-2-7-21(20)22)10-15-4-3-5-17(11-15)23(25)26/h1-11,14H,12-13H2/b16-10-. The van der Waals surface area contributed by atoms with Crippen molar-refractivity contribution in [3.8, 4) is 0 Å². The lowest BCUT2D eigenvalue weighted by atomic mass is 10.0. The Morgan fingerprint density at radius 2 is 1.96 bits per heavy atom. The molecule has 0 atom stereocenters. The highest BCUT2D eigenvalue weighted by Gasteiger charge is 2.24. The number of nitro groups is 1. The Labute approximate surface area is 155 Å². The molecule has 134 valence electrons. The highest BCUT2D eigenvalue weighted by molar-refractivity contribution is 5.93. The molecule has 1 aliphatic rings. The second-order valence-electron chi connectivity index (χ2n) is 6.32. The molecular weight excluding hydrogens is 344 g/mol. The molecule has 0 saturated heterocycles. The molecule has 0 saturated carbocycles. The summed E-state index contributed by atoms with van der Waals surface area (Å²) in [4.78, 5) is 23.6. The zero-order valence-electron chi connectivity index (χ0n) is 14.4. The van der Waals surface area contributed by atoms with E-state index in [0.717, 1.165) is 22.4 Å². The molecule has 27 heavy (non-hydrogen) atoms. The van der Waals surface area contributed by atoms with Crippen molar-refractivity contribution in [1.82, 2.24) is 0 Å². The van der Waals surface area contributed by atoms with Crippen LogP contribution >= 0.6 is 0 Å². The van der Waals surface area contributed by atoms with E-state index in [9.17, 15) is 14.9 Å². The number of para-hydroxylation sites is 1. The van der Waals surface area contributed by atoms with Crippen LogP contribution in [0, 0.1) is 10.1 Å². The Kier molecular flexibility index (Phi) is 4.30. The molecule has 1 aromatic heterocycles. The molecule has 0 unspecified atom stereocenters. The van der Waals surface area contributed by atoms with Gasteiger partial charge in [-0.05, 0) is 35.4 Å². The first-order valence-electron chi connectivity index (χ1n) is 8.47. The van der Waals surface area contributed by atoms with Gasteiger partial charge in [-0.1, -0.05) is 30.3 Å². The van der Waals surface area contributed by atoms with Gasteiger partial charge in [0.25, 0.3) is 5.69 Å². The van der Waals surface area contributed by atoms with Crippen molar-refractivity contribution in [3.63, 3.8) is 0 Å². The van der Waals surface area contributed by atoms with E-state index in [4.69, 9.17) is 4.42 Å². The molecule has 6 nitrogen and oxygen atoms in total. The number of aldehydes is 1. The molecule has 0 bridgehead atoms. The number of furan rings is 1. The summed E-state index contributed by atoms with van der Waals surface area (Å²) in [7, 11) is 0. The van der Waals surface area contributed by atoms with E-state index >= 15 is 0 Å². The molecule has 0 radical (unpaired) electrons. The molecule has 1 aliphatic heterocycles. The zero-order chi connectivity index (χ0) is 18.8. The lowest BCUT2D eigenvalue weighted by Crippen LogP contribution is -2.18. The number of carbonyl (C=O) groups is 1. The molecule has 6 heteroatoms. The van der Waals surface area contributed by atoms with E-state index in [1.165, 1.54) is 6.07 Å². The van der Waals surface area contributed by atoms with Crippen molar-refractivity contribution >= 4 is 29.3 Å². The fraction of sp³-hybridized carbons (Fsp3) is 0.0952.